The van der Waals surface area contributed by atoms with E-state index in [1.54, 1.807) is 0 Å². The van der Waals surface area contributed by atoms with Crippen molar-refractivity contribution in [1.29, 1.82) is 0 Å². The molecular weight excluding hydrogens is 805 g/mol. The first-order valence-electron chi connectivity index (χ1n) is 22.3. The van der Waals surface area contributed by atoms with Crippen molar-refractivity contribution in [3.8, 4) is 44.6 Å². The quantitative estimate of drug-likeness (QED) is 0.162. The number of rotatable bonds is 5. The van der Waals surface area contributed by atoms with Crippen molar-refractivity contribution in [3.63, 3.8) is 0 Å². The lowest BCUT2D eigenvalue weighted by molar-refractivity contribution is 0.669. The summed E-state index contributed by atoms with van der Waals surface area (Å²) in [4.78, 5) is 20.1. The number of nitrogens with zero attached hydrogens (tertiary/aromatic N) is 4. The lowest BCUT2D eigenvalue weighted by Gasteiger charge is -2.34. The fourth-order valence-electron chi connectivity index (χ4n) is 10.7. The van der Waals surface area contributed by atoms with Crippen molar-refractivity contribution in [3.05, 3.63) is 241 Å². The summed E-state index contributed by atoms with van der Waals surface area (Å²) in [5.74, 6) is 0. The lowest BCUT2D eigenvalue weighted by atomic mass is 9.67. The molecule has 5 aromatic heterocycles. The van der Waals surface area contributed by atoms with E-state index in [0.717, 1.165) is 99.1 Å². The Morgan fingerprint density at radius 1 is 0.348 bits per heavy atom. The van der Waals surface area contributed by atoms with Gasteiger partial charge >= 0.3 is 0 Å². The zero-order valence-electron chi connectivity index (χ0n) is 35.5. The minimum Gasteiger partial charge on any atom is -0.456 e. The summed E-state index contributed by atoms with van der Waals surface area (Å²) in [6.07, 6.45) is 5.85. The molecule has 5 heterocycles. The van der Waals surface area contributed by atoms with Crippen LogP contribution in [0.4, 0.5) is 0 Å². The van der Waals surface area contributed by atoms with Crippen molar-refractivity contribution in [2.45, 2.75) is 5.41 Å². The maximum Gasteiger partial charge on any atom is 0.135 e. The van der Waals surface area contributed by atoms with Crippen LogP contribution in [-0.2, 0) is 5.41 Å². The van der Waals surface area contributed by atoms with Crippen molar-refractivity contribution in [2.24, 2.45) is 0 Å². The van der Waals surface area contributed by atoms with E-state index in [9.17, 15) is 0 Å². The molecule has 0 radical (unpaired) electrons. The van der Waals surface area contributed by atoms with Gasteiger partial charge in [-0.05, 0) is 105 Å². The summed E-state index contributed by atoms with van der Waals surface area (Å²) in [5.41, 5.74) is 18.4. The average Bonchev–Trinajstić information content (AvgIpc) is 3.91. The molecule has 0 aliphatic heterocycles. The molecule has 0 atom stereocenters. The second kappa shape index (κ2) is 14.1. The molecular formula is C61H36N4O. The predicted octanol–water partition coefficient (Wildman–Crippen LogP) is 15.1. The number of aromatic nitrogens is 4. The Hall–Kier alpha value is -8.80. The maximum atomic E-state index is 6.13. The molecule has 0 fully saturated rings. The third-order valence-electron chi connectivity index (χ3n) is 13.8. The molecule has 66 heavy (non-hydrogen) atoms. The number of hydrogen-bond donors (Lipinski definition) is 0. The van der Waals surface area contributed by atoms with E-state index in [-0.39, 0.29) is 0 Å². The number of para-hydroxylation sites is 1. The number of fused-ring (bicyclic) bond motifs is 12. The largest absolute Gasteiger partial charge is 0.456 e. The monoisotopic (exact) mass is 840 g/mol. The van der Waals surface area contributed by atoms with Crippen LogP contribution < -0.4 is 0 Å². The molecule has 306 valence electrons. The van der Waals surface area contributed by atoms with Crippen molar-refractivity contribution in [1.82, 2.24) is 19.9 Å². The minimum atomic E-state index is -0.601. The summed E-state index contributed by atoms with van der Waals surface area (Å²) in [7, 11) is 0. The van der Waals surface area contributed by atoms with E-state index >= 15 is 0 Å². The minimum absolute atomic E-state index is 0.601. The summed E-state index contributed by atoms with van der Waals surface area (Å²) in [6, 6.07) is 71.8. The molecule has 5 nitrogen and oxygen atoms in total. The standard InChI is InChI=1S/C61H36N4O/c1-3-11-46(12-4-1)61(47-13-5-2-6-14-47)52-33-39(44-30-42-19-17-37-10-9-29-62-57(37)58(42)63-35-44)21-25-48(52)49-26-22-40(34-53(49)61)45-31-43-20-18-38-23-27-54(65-60(38)59(43)64-36-45)41-24-28-56-51(32-41)50-15-7-8-16-55(50)66-56/h1-36H. The molecule has 0 saturated carbocycles. The van der Waals surface area contributed by atoms with Gasteiger partial charge in [0.15, 0.2) is 0 Å². The van der Waals surface area contributed by atoms with Gasteiger partial charge in [-0.1, -0.05) is 140 Å². The smallest absolute Gasteiger partial charge is 0.135 e. The molecule has 0 saturated heterocycles. The second-order valence-corrected chi connectivity index (χ2v) is 17.4. The molecule has 1 aliphatic rings. The van der Waals surface area contributed by atoms with Gasteiger partial charge in [-0.2, -0.15) is 0 Å². The van der Waals surface area contributed by atoms with Crippen LogP contribution in [0.25, 0.3) is 110 Å². The van der Waals surface area contributed by atoms with Gasteiger partial charge < -0.3 is 4.42 Å². The summed E-state index contributed by atoms with van der Waals surface area (Å²) in [6.45, 7) is 0. The van der Waals surface area contributed by atoms with E-state index in [2.05, 4.69) is 181 Å². The van der Waals surface area contributed by atoms with E-state index in [0.29, 0.717) is 0 Å². The Morgan fingerprint density at radius 2 is 0.894 bits per heavy atom. The molecule has 14 rings (SSSR count). The van der Waals surface area contributed by atoms with Crippen molar-refractivity contribution >= 4 is 65.6 Å². The number of pyridine rings is 4. The molecule has 0 bridgehead atoms. The fourth-order valence-corrected chi connectivity index (χ4v) is 10.7. The Kier molecular flexibility index (Phi) is 7.83. The van der Waals surface area contributed by atoms with Gasteiger partial charge in [-0.3, -0.25) is 15.0 Å². The van der Waals surface area contributed by atoms with E-state index in [4.69, 9.17) is 19.4 Å². The van der Waals surface area contributed by atoms with E-state index in [1.807, 2.05) is 42.9 Å². The lowest BCUT2D eigenvalue weighted by Crippen LogP contribution is -2.28. The number of furan rings is 1. The van der Waals surface area contributed by atoms with E-state index < -0.39 is 5.41 Å². The van der Waals surface area contributed by atoms with Gasteiger partial charge in [0.25, 0.3) is 0 Å². The molecule has 13 aromatic rings. The summed E-state index contributed by atoms with van der Waals surface area (Å²) < 4.78 is 6.13. The topological polar surface area (TPSA) is 64.7 Å². The highest BCUT2D eigenvalue weighted by molar-refractivity contribution is 6.08. The Labute approximate surface area is 379 Å². The Morgan fingerprint density at radius 3 is 1.58 bits per heavy atom. The van der Waals surface area contributed by atoms with Gasteiger partial charge in [-0.25, -0.2) is 4.98 Å². The average molecular weight is 841 g/mol. The molecule has 0 N–H and O–H groups in total. The molecule has 8 aromatic carbocycles. The molecule has 1 aliphatic carbocycles. The van der Waals surface area contributed by atoms with Crippen LogP contribution in [0.5, 0.6) is 0 Å². The number of benzene rings is 8. The zero-order chi connectivity index (χ0) is 43.3. The fraction of sp³-hybridized carbons (Fsp3) is 0.0164. The first-order chi connectivity index (χ1) is 32.7. The van der Waals surface area contributed by atoms with Crippen LogP contribution in [-0.4, -0.2) is 19.9 Å². The predicted molar refractivity (Wildman–Crippen MR) is 269 cm³/mol. The third-order valence-corrected chi connectivity index (χ3v) is 13.8. The third kappa shape index (κ3) is 5.41. The zero-order valence-corrected chi connectivity index (χ0v) is 35.5. The van der Waals surface area contributed by atoms with Crippen LogP contribution in [0.2, 0.25) is 0 Å². The number of hydrogen-bond acceptors (Lipinski definition) is 5. The highest BCUT2D eigenvalue weighted by Gasteiger charge is 2.46. The summed E-state index contributed by atoms with van der Waals surface area (Å²) in [5, 5.41) is 6.44. The highest BCUT2D eigenvalue weighted by atomic mass is 16.3. The maximum absolute atomic E-state index is 6.13. The molecule has 0 spiro atoms. The van der Waals surface area contributed by atoms with Crippen LogP contribution in [0.3, 0.4) is 0 Å². The van der Waals surface area contributed by atoms with Gasteiger partial charge in [0, 0.05) is 67.6 Å². The van der Waals surface area contributed by atoms with Gasteiger partial charge in [-0.15, -0.1) is 0 Å². The van der Waals surface area contributed by atoms with Gasteiger partial charge in [0.1, 0.15) is 11.2 Å². The van der Waals surface area contributed by atoms with Crippen LogP contribution in [0, 0.1) is 0 Å². The SMILES string of the molecule is c1ccc(C2(c3ccccc3)c3cc(-c4cnc5c(ccc6cccnc65)c4)ccc3-c3ccc(-c4cnc5c(ccc6ccc(-c7ccc8oc9ccccc9c8c7)nc65)c4)cc32)cc1. The molecule has 0 unspecified atom stereocenters. The second-order valence-electron chi connectivity index (χ2n) is 17.4. The van der Waals surface area contributed by atoms with Crippen molar-refractivity contribution < 1.29 is 4.42 Å². The van der Waals surface area contributed by atoms with E-state index in [1.165, 1.54) is 33.4 Å². The molecule has 5 heteroatoms. The normalized spacial score (nSPS) is 13.0. The van der Waals surface area contributed by atoms with Crippen molar-refractivity contribution in [2.75, 3.05) is 0 Å². The van der Waals surface area contributed by atoms with Crippen LogP contribution >= 0.6 is 0 Å². The summed E-state index contributed by atoms with van der Waals surface area (Å²) >= 11 is 0. The highest BCUT2D eigenvalue weighted by Crippen LogP contribution is 2.57. The Balaban J connectivity index is 0.911. The van der Waals surface area contributed by atoms with Crippen LogP contribution in [0.1, 0.15) is 22.3 Å². The van der Waals surface area contributed by atoms with Gasteiger partial charge in [0.2, 0.25) is 0 Å². The first kappa shape index (κ1) is 36.7. The Bertz CT molecular complexity index is 4080. The first-order valence-corrected chi connectivity index (χ1v) is 22.3. The molecule has 0 amide bonds. The van der Waals surface area contributed by atoms with Crippen LogP contribution in [0.15, 0.2) is 223 Å². The van der Waals surface area contributed by atoms with Gasteiger partial charge in [0.05, 0.1) is 33.2 Å².